The number of anilines is 1. The maximum atomic E-state index is 14.2. The predicted octanol–water partition coefficient (Wildman–Crippen LogP) is 10.6. The van der Waals surface area contributed by atoms with Gasteiger partial charge in [-0.05, 0) is 101 Å². The number of hydrogen-bond acceptors (Lipinski definition) is 12. The third-order valence-electron chi connectivity index (χ3n) is 16.2. The van der Waals surface area contributed by atoms with Crippen LogP contribution in [0.3, 0.4) is 0 Å². The van der Waals surface area contributed by atoms with E-state index in [2.05, 4.69) is 82.0 Å². The first-order valence-electron chi connectivity index (χ1n) is 28.8. The lowest BCUT2D eigenvalue weighted by molar-refractivity contribution is -0.139. The second-order valence-electron chi connectivity index (χ2n) is 21.6. The second-order valence-corrected chi connectivity index (χ2v) is 22.5. The van der Waals surface area contributed by atoms with Crippen LogP contribution in [0.1, 0.15) is 148 Å². The number of β-amino-alcohol motifs (C(OH)–C–C–N with tert-alkyl or cyclic N) is 1. The molecule has 1 saturated carbocycles. The van der Waals surface area contributed by atoms with Gasteiger partial charge in [-0.2, -0.15) is 9.61 Å². The van der Waals surface area contributed by atoms with Crippen LogP contribution in [-0.2, 0) is 16.0 Å². The number of amides is 2. The van der Waals surface area contributed by atoms with E-state index >= 15 is 0 Å². The molecule has 15 heteroatoms. The van der Waals surface area contributed by atoms with Crippen LogP contribution in [0.2, 0.25) is 0 Å². The van der Waals surface area contributed by atoms with Crippen LogP contribution in [0.5, 0.6) is 5.75 Å². The number of aliphatic hydroxyl groups is 1. The van der Waals surface area contributed by atoms with E-state index in [1.165, 1.54) is 55.4 Å². The van der Waals surface area contributed by atoms with Gasteiger partial charge in [0.05, 0.1) is 36.7 Å². The number of aryl methyl sites for hydroxylation is 2. The normalized spacial score (nSPS) is 17.2. The number of thiazole rings is 1. The minimum absolute atomic E-state index is 0.0328. The Balaban J connectivity index is 0.692. The van der Waals surface area contributed by atoms with E-state index in [1.54, 1.807) is 7.05 Å². The smallest absolute Gasteiger partial charge is 0.246 e. The fourth-order valence-electron chi connectivity index (χ4n) is 11.7. The summed E-state index contributed by atoms with van der Waals surface area (Å²) in [7, 11) is 1.75. The lowest BCUT2D eigenvalue weighted by Crippen LogP contribution is -2.55. The van der Waals surface area contributed by atoms with Crippen LogP contribution < -0.4 is 20.3 Å². The molecule has 2 saturated heterocycles. The van der Waals surface area contributed by atoms with E-state index in [-0.39, 0.29) is 36.2 Å². The van der Waals surface area contributed by atoms with Crippen LogP contribution in [-0.4, -0.2) is 124 Å². The monoisotopic (exact) mass is 1060 g/mol. The number of hydrogen-bond donors (Lipinski definition) is 3. The molecule has 0 unspecified atom stereocenters. The first-order valence-corrected chi connectivity index (χ1v) is 29.7. The molecule has 0 bridgehead atoms. The molecule has 0 radical (unpaired) electrons. The van der Waals surface area contributed by atoms with Crippen molar-refractivity contribution in [2.75, 3.05) is 64.4 Å². The van der Waals surface area contributed by atoms with Crippen LogP contribution >= 0.6 is 11.3 Å². The van der Waals surface area contributed by atoms with Gasteiger partial charge in [-0.3, -0.25) is 19.3 Å². The highest BCUT2D eigenvalue weighted by molar-refractivity contribution is 7.10. The van der Waals surface area contributed by atoms with Gasteiger partial charge in [-0.1, -0.05) is 125 Å². The Bertz CT molecular complexity index is 2870. The Hall–Kier alpha value is -6.00. The summed E-state index contributed by atoms with van der Waals surface area (Å²) in [5.74, 6) is 1.52. The molecule has 9 rings (SSSR count). The van der Waals surface area contributed by atoms with Crippen molar-refractivity contribution in [2.45, 2.75) is 141 Å². The first-order chi connectivity index (χ1) is 37.7. The number of likely N-dealkylation sites (N-methyl/N-ethyl adjacent to an activating group) is 1. The summed E-state index contributed by atoms with van der Waals surface area (Å²) in [5, 5.41) is 23.3. The molecule has 3 fully saturated rings. The lowest BCUT2D eigenvalue weighted by atomic mass is 9.83. The van der Waals surface area contributed by atoms with E-state index < -0.39 is 12.1 Å². The molecule has 2 amide bonds. The minimum Gasteiger partial charge on any atom is -0.494 e. The van der Waals surface area contributed by atoms with Crippen molar-refractivity contribution in [1.82, 2.24) is 40.0 Å². The molecule has 410 valence electrons. The number of ether oxygens (including phenoxy) is 1. The number of aliphatic hydroxyl groups excluding tert-OH is 1. The van der Waals surface area contributed by atoms with Crippen LogP contribution in [0, 0.1) is 12.8 Å². The summed E-state index contributed by atoms with van der Waals surface area (Å²) in [4.78, 5) is 57.8. The average molecular weight is 1060 g/mol. The number of carbonyl (C=O) groups is 3. The Morgan fingerprint density at radius 3 is 2.26 bits per heavy atom. The third kappa shape index (κ3) is 14.2. The van der Waals surface area contributed by atoms with Gasteiger partial charge in [0.2, 0.25) is 17.6 Å². The highest BCUT2D eigenvalue weighted by Gasteiger charge is 2.40. The number of aromatic nitrogens is 4. The standard InChI is InChI=1S/C62H81N9O5S/c1-44-56(47-24-14-11-15-25-47)59-64-52(42-55(71(59)67-44)69-35-33-68(34-36-69)37-38-72)49-28-19-23-46(40-49)22-13-9-7-5-4-6-8-10-18-39-76-51-30-20-29-50(41-51)58(73)53-43-77-61(65-53)54-31-21-32-70(54)62(75)57(48-26-16-12-17-27-48)66-60(74)45(2)63-3/h11,14-15,19-20,23-25,28-30,40-43,45,48,54,57,63,72H,4-10,12-13,16-18,21-22,26-27,31-39H2,1-3H3,(H,66,74)/t45-,54-,57-/m0/s1. The Labute approximate surface area is 460 Å². The SMILES string of the molecule is CN[C@@H](C)C(=O)N[C@H](C(=O)N1CCC[C@H]1c1nc(C(=O)c2cccc(OCCCCCCCCCCCc3cccc(-c4cc(N5CCN(CCO)CC5)n5nc(C)c(-c6ccccc6)c5n4)c3)c2)cs1)C1CCCCC1. The van der Waals surface area contributed by atoms with Crippen LogP contribution in [0.25, 0.3) is 28.0 Å². The number of unbranched alkanes of at least 4 members (excludes halogenated alkanes) is 8. The van der Waals surface area contributed by atoms with E-state index in [1.807, 2.05) is 52.1 Å². The van der Waals surface area contributed by atoms with Crippen LogP contribution in [0.4, 0.5) is 5.82 Å². The summed E-state index contributed by atoms with van der Waals surface area (Å²) in [6.07, 6.45) is 18.4. The number of nitrogens with zero attached hydrogens (tertiary/aromatic N) is 7. The minimum atomic E-state index is -0.560. The number of ketones is 1. The number of piperazine rings is 1. The van der Waals surface area contributed by atoms with Gasteiger partial charge in [-0.25, -0.2) is 9.97 Å². The van der Waals surface area contributed by atoms with E-state index in [4.69, 9.17) is 19.8 Å². The molecule has 3 aromatic carbocycles. The Morgan fingerprint density at radius 1 is 0.779 bits per heavy atom. The molecule has 5 heterocycles. The van der Waals surface area contributed by atoms with Crippen molar-refractivity contribution < 1.29 is 24.2 Å². The Morgan fingerprint density at radius 2 is 1.51 bits per heavy atom. The lowest BCUT2D eigenvalue weighted by Gasteiger charge is -2.35. The summed E-state index contributed by atoms with van der Waals surface area (Å²) in [6.45, 7) is 9.52. The molecule has 2 aliphatic heterocycles. The number of rotatable bonds is 26. The van der Waals surface area contributed by atoms with Crippen molar-refractivity contribution in [3.63, 3.8) is 0 Å². The largest absolute Gasteiger partial charge is 0.494 e. The second kappa shape index (κ2) is 27.5. The quantitative estimate of drug-likeness (QED) is 0.0351. The molecule has 1 aliphatic carbocycles. The van der Waals surface area contributed by atoms with E-state index in [9.17, 15) is 19.5 Å². The molecule has 14 nitrogen and oxygen atoms in total. The number of likely N-dealkylation sites (tertiary alicyclic amines) is 1. The molecular weight excluding hydrogens is 983 g/mol. The zero-order chi connectivity index (χ0) is 53.5. The highest BCUT2D eigenvalue weighted by Crippen LogP contribution is 2.38. The van der Waals surface area contributed by atoms with Crippen molar-refractivity contribution in [2.24, 2.45) is 5.92 Å². The van der Waals surface area contributed by atoms with E-state index in [0.717, 1.165) is 141 Å². The molecule has 6 aromatic rings. The van der Waals surface area contributed by atoms with Crippen LogP contribution in [0.15, 0.2) is 90.3 Å². The fraction of sp³-hybridized carbons (Fsp3) is 0.516. The van der Waals surface area contributed by atoms with Gasteiger partial charge in [0.1, 0.15) is 28.3 Å². The number of carbonyl (C=O) groups excluding carboxylic acids is 3. The van der Waals surface area contributed by atoms with Gasteiger partial charge in [-0.15, -0.1) is 11.3 Å². The maximum absolute atomic E-state index is 14.2. The van der Waals surface area contributed by atoms with Crippen molar-refractivity contribution in [3.8, 4) is 28.1 Å². The maximum Gasteiger partial charge on any atom is 0.246 e. The summed E-state index contributed by atoms with van der Waals surface area (Å²) in [5.41, 5.74) is 8.39. The summed E-state index contributed by atoms with van der Waals surface area (Å²) in [6, 6.07) is 27.8. The zero-order valence-corrected chi connectivity index (χ0v) is 46.6. The van der Waals surface area contributed by atoms with Gasteiger partial charge in [0.15, 0.2) is 5.65 Å². The number of benzene rings is 3. The molecule has 0 spiro atoms. The molecule has 77 heavy (non-hydrogen) atoms. The van der Waals surface area contributed by atoms with E-state index in [0.29, 0.717) is 36.7 Å². The average Bonchev–Trinajstić information content (AvgIpc) is 4.30. The predicted molar refractivity (Wildman–Crippen MR) is 308 cm³/mol. The fourth-order valence-corrected chi connectivity index (χ4v) is 12.6. The molecule has 3 atom stereocenters. The molecule has 3 aromatic heterocycles. The number of fused-ring (bicyclic) bond motifs is 1. The van der Waals surface area contributed by atoms with Gasteiger partial charge in [0, 0.05) is 67.4 Å². The zero-order valence-electron chi connectivity index (χ0n) is 45.8. The van der Waals surface area contributed by atoms with Gasteiger partial charge >= 0.3 is 0 Å². The highest BCUT2D eigenvalue weighted by atomic mass is 32.1. The molecule has 3 aliphatic rings. The van der Waals surface area contributed by atoms with Gasteiger partial charge < -0.3 is 30.3 Å². The topological polar surface area (TPSA) is 158 Å². The number of nitrogens with one attached hydrogen (secondary N) is 2. The van der Waals surface area contributed by atoms with Gasteiger partial charge in [0.25, 0.3) is 0 Å². The summed E-state index contributed by atoms with van der Waals surface area (Å²) >= 11 is 1.43. The van der Waals surface area contributed by atoms with Crippen molar-refractivity contribution >= 4 is 40.4 Å². The summed E-state index contributed by atoms with van der Waals surface area (Å²) < 4.78 is 8.17. The molecule has 3 N–H and O–H groups in total. The van der Waals surface area contributed by atoms with Crippen molar-refractivity contribution in [3.05, 3.63) is 118 Å². The first kappa shape index (κ1) is 55.7. The molecular formula is C62H81N9O5S. The Kier molecular flexibility index (Phi) is 19.9. The van der Waals surface area contributed by atoms with Crippen molar-refractivity contribution in [1.29, 1.82) is 0 Å². The third-order valence-corrected chi connectivity index (χ3v) is 17.2.